The van der Waals surface area contributed by atoms with E-state index in [2.05, 4.69) is 92.4 Å². The number of aliphatic hydroxyl groups is 2. The van der Waals surface area contributed by atoms with Crippen LogP contribution in [0.1, 0.15) is 114 Å². The molecule has 8 aliphatic rings. The number of nitrogens with one attached hydrogen (secondary N) is 3. The second kappa shape index (κ2) is 20.0. The summed E-state index contributed by atoms with van der Waals surface area (Å²) in [5, 5.41) is 39.3. The van der Waals surface area contributed by atoms with Crippen LogP contribution in [-0.2, 0) is 32.2 Å². The third-order valence-corrected chi connectivity index (χ3v) is 21.3. The highest BCUT2D eigenvalue weighted by molar-refractivity contribution is 5.48. The van der Waals surface area contributed by atoms with Crippen LogP contribution in [0.15, 0.2) is 73.1 Å². The second-order valence-electron chi connectivity index (χ2n) is 24.7. The minimum Gasteiger partial charge on any atom is -0.497 e. The maximum Gasteiger partial charge on any atom is 0.586 e. The lowest BCUT2D eigenvalue weighted by molar-refractivity contribution is -0.287. The van der Waals surface area contributed by atoms with E-state index in [9.17, 15) is 27.8 Å². The fraction of sp³-hybridized carbons (Fsp3) is 0.627. The van der Waals surface area contributed by atoms with Crippen molar-refractivity contribution in [1.82, 2.24) is 25.7 Å². The Morgan fingerprint density at radius 2 is 1.28 bits per heavy atom. The zero-order valence-corrected chi connectivity index (χ0v) is 45.0. The van der Waals surface area contributed by atoms with Gasteiger partial charge < -0.3 is 44.9 Å². The van der Waals surface area contributed by atoms with Crippen molar-refractivity contribution < 1.29 is 51.5 Å². The molecule has 12 rings (SSSR count). The third-order valence-electron chi connectivity index (χ3n) is 21.3. The van der Waals surface area contributed by atoms with Gasteiger partial charge in [0.2, 0.25) is 0 Å². The largest absolute Gasteiger partial charge is 0.586 e. The van der Waals surface area contributed by atoms with Crippen LogP contribution in [-0.4, -0.2) is 76.6 Å². The van der Waals surface area contributed by atoms with Crippen LogP contribution in [0, 0.1) is 68.5 Å². The lowest BCUT2D eigenvalue weighted by Gasteiger charge is -2.60. The number of allylic oxidation sites excluding steroid dienone is 2. The van der Waals surface area contributed by atoms with Crippen LogP contribution in [0.5, 0.6) is 28.7 Å². The SMILES string of the molecule is C=C1CC[C@@]2(C)[C@H](CNCc3ccc4c(c3)OC(F)(F)O4)[C@@H]([C@@]3(C)Cc4cn[nH]c4C[C@@H]3CO)CC[C@]12C.C=C1CC[C@H]2[C@H](CN)[C@@H]([C@@]3(C)Cc4cn[nH]c4C[C@@H]3CO)CC[C@]12C.COc1ccc2c(c1)OC(F)(F)O2. The van der Waals surface area contributed by atoms with Crippen LogP contribution < -0.4 is 34.7 Å². The number of fused-ring (bicyclic) bond motifs is 6. The van der Waals surface area contributed by atoms with Crippen molar-refractivity contribution in [3.05, 3.63) is 101 Å². The number of alkyl halides is 4. The molecule has 6 aliphatic carbocycles. The standard InChI is InChI=1S/C30H39F2N3O3.C21H33N3O.C8H6F2O3/c1-18-7-9-29(4)23(16-33-14-19-5-6-25-26(11-19)38-30(31,32)37-25)22(8-10-28(18,29)3)27(2)13-20-15-34-35-24(20)12-21(27)17-36;1-13-4-5-17-16(10-22)18(6-7-20(13,17)2)21(3)9-14-11-23-24-19(14)8-15(21)12-25;1-11-5-2-3-6-7(4-5)13-8(9,10)12-6/h5-6,11,15,21-23,33,36H,1,7-10,12-14,16-17H2,2-4H3,(H,34,35);11,15-18,25H,1,4-10,12,22H2,2-3H3,(H,23,24);2-4H,1H3/t21-,22+,23-,27+,28-,29+;15-,16+,17+,18+,20-,21+;/m11./s1. The highest BCUT2D eigenvalue weighted by Gasteiger charge is 2.63. The molecule has 414 valence electrons. The van der Waals surface area contributed by atoms with E-state index in [4.69, 9.17) is 10.5 Å². The average molecular weight is 1060 g/mol. The molecule has 4 saturated carbocycles. The van der Waals surface area contributed by atoms with Gasteiger partial charge in [-0.15, -0.1) is 17.6 Å². The summed E-state index contributed by atoms with van der Waals surface area (Å²) in [7, 11) is 1.44. The fourth-order valence-corrected chi connectivity index (χ4v) is 16.4. The molecule has 17 heteroatoms. The summed E-state index contributed by atoms with van der Waals surface area (Å²) >= 11 is 0. The smallest absolute Gasteiger partial charge is 0.497 e. The van der Waals surface area contributed by atoms with E-state index in [1.165, 1.54) is 72.5 Å². The first-order valence-electron chi connectivity index (χ1n) is 27.4. The topological polar surface area (TPSA) is 182 Å². The molecule has 2 aliphatic heterocycles. The molecule has 12 atom stereocenters. The Balaban J connectivity index is 0.000000147. The van der Waals surface area contributed by atoms with Crippen molar-refractivity contribution in [2.75, 3.05) is 33.4 Å². The Bertz CT molecular complexity index is 2800. The lowest BCUT2D eigenvalue weighted by Crippen LogP contribution is -2.57. The number of aromatic nitrogens is 4. The Kier molecular flexibility index (Phi) is 14.3. The van der Waals surface area contributed by atoms with Gasteiger partial charge in [-0.1, -0.05) is 65.0 Å². The molecule has 76 heavy (non-hydrogen) atoms. The third kappa shape index (κ3) is 9.29. The van der Waals surface area contributed by atoms with Gasteiger partial charge in [-0.2, -0.15) is 10.2 Å². The summed E-state index contributed by atoms with van der Waals surface area (Å²) in [6, 6.07) is 9.22. The van der Waals surface area contributed by atoms with Gasteiger partial charge in [-0.25, -0.2) is 0 Å². The number of methoxy groups -OCH3 is 1. The molecule has 4 heterocycles. The average Bonchev–Trinajstić information content (AvgIpc) is 4.42. The van der Waals surface area contributed by atoms with Crippen molar-refractivity contribution in [3.63, 3.8) is 0 Å². The molecule has 0 spiro atoms. The van der Waals surface area contributed by atoms with Crippen LogP contribution in [0.4, 0.5) is 17.6 Å². The van der Waals surface area contributed by atoms with Gasteiger partial charge >= 0.3 is 12.6 Å². The second-order valence-corrected chi connectivity index (χ2v) is 24.7. The molecule has 2 aromatic carbocycles. The van der Waals surface area contributed by atoms with Gasteiger partial charge in [0.15, 0.2) is 23.0 Å². The first-order chi connectivity index (χ1) is 36.0. The van der Waals surface area contributed by atoms with E-state index >= 15 is 0 Å². The van der Waals surface area contributed by atoms with E-state index < -0.39 is 12.6 Å². The number of aliphatic hydroxyl groups excluding tert-OH is 2. The first-order valence-corrected chi connectivity index (χ1v) is 27.4. The van der Waals surface area contributed by atoms with E-state index in [-0.39, 0.29) is 75.1 Å². The number of aromatic amines is 2. The molecule has 0 bridgehead atoms. The molecule has 4 aromatic rings. The molecule has 13 nitrogen and oxygen atoms in total. The zero-order chi connectivity index (χ0) is 54.2. The quantitative estimate of drug-likeness (QED) is 0.0657. The van der Waals surface area contributed by atoms with Crippen LogP contribution in [0.2, 0.25) is 0 Å². The monoisotopic (exact) mass is 1060 g/mol. The molecule has 7 N–H and O–H groups in total. The van der Waals surface area contributed by atoms with Gasteiger partial charge in [0.25, 0.3) is 0 Å². The number of rotatable bonds is 10. The molecular weight excluding hydrogens is 981 g/mol. The zero-order valence-electron chi connectivity index (χ0n) is 45.0. The maximum atomic E-state index is 13.5. The molecule has 2 aromatic heterocycles. The maximum absolute atomic E-state index is 13.5. The summed E-state index contributed by atoms with van der Waals surface area (Å²) in [6.07, 6.45) is 9.64. The number of benzene rings is 2. The summed E-state index contributed by atoms with van der Waals surface area (Å²) in [4.78, 5) is 0. The van der Waals surface area contributed by atoms with Gasteiger partial charge in [-0.3, -0.25) is 10.2 Å². The normalized spacial score (nSPS) is 35.9. The number of halogens is 4. The molecule has 0 amide bonds. The van der Waals surface area contributed by atoms with Crippen molar-refractivity contribution in [1.29, 1.82) is 0 Å². The van der Waals surface area contributed by atoms with Crippen LogP contribution in [0.25, 0.3) is 0 Å². The molecule has 0 unspecified atom stereocenters. The highest BCUT2D eigenvalue weighted by atomic mass is 19.3. The Hall–Kier alpha value is -5.10. The summed E-state index contributed by atoms with van der Waals surface area (Å²) < 4.78 is 74.4. The van der Waals surface area contributed by atoms with Crippen molar-refractivity contribution >= 4 is 0 Å². The van der Waals surface area contributed by atoms with Crippen molar-refractivity contribution in [3.8, 4) is 28.7 Å². The molecule has 0 radical (unpaired) electrons. The Morgan fingerprint density at radius 3 is 1.87 bits per heavy atom. The predicted molar refractivity (Wildman–Crippen MR) is 279 cm³/mol. The van der Waals surface area contributed by atoms with Crippen LogP contribution >= 0.6 is 0 Å². The van der Waals surface area contributed by atoms with E-state index in [1.54, 1.807) is 12.1 Å². The number of ether oxygens (including phenoxy) is 5. The molecule has 4 fully saturated rings. The van der Waals surface area contributed by atoms with E-state index in [0.717, 1.165) is 82.1 Å². The Labute approximate surface area is 444 Å². The van der Waals surface area contributed by atoms with Gasteiger partial charge in [-0.05, 0) is 200 Å². The predicted octanol–water partition coefficient (Wildman–Crippen LogP) is 10.7. The van der Waals surface area contributed by atoms with Crippen molar-refractivity contribution in [2.45, 2.75) is 131 Å². The van der Waals surface area contributed by atoms with E-state index in [0.29, 0.717) is 41.9 Å². The van der Waals surface area contributed by atoms with Gasteiger partial charge in [0.05, 0.1) is 19.5 Å². The molecule has 0 saturated heterocycles. The number of nitrogens with two attached hydrogens (primary N) is 1. The van der Waals surface area contributed by atoms with Gasteiger partial charge in [0.1, 0.15) is 5.75 Å². The number of H-pyrrole nitrogens is 2. The van der Waals surface area contributed by atoms with Crippen LogP contribution in [0.3, 0.4) is 0 Å². The Morgan fingerprint density at radius 1 is 0.711 bits per heavy atom. The van der Waals surface area contributed by atoms with E-state index in [1.807, 2.05) is 18.5 Å². The summed E-state index contributed by atoms with van der Waals surface area (Å²) in [5.41, 5.74) is 15.5. The number of hydrogen-bond acceptors (Lipinski definition) is 11. The minimum atomic E-state index is -3.61. The highest BCUT2D eigenvalue weighted by Crippen LogP contribution is 2.69. The first kappa shape index (κ1) is 54.3. The molecular formula is C59H78F4N6O7. The number of nitrogens with zero attached hydrogens (tertiary/aromatic N) is 2. The lowest BCUT2D eigenvalue weighted by atomic mass is 9.44. The fourth-order valence-electron chi connectivity index (χ4n) is 16.4. The van der Waals surface area contributed by atoms with Crippen molar-refractivity contribution in [2.24, 2.45) is 74.2 Å². The van der Waals surface area contributed by atoms with Gasteiger partial charge in [0, 0.05) is 37.2 Å². The minimum absolute atomic E-state index is 0.00986. The number of hydrogen-bond donors (Lipinski definition) is 6. The summed E-state index contributed by atoms with van der Waals surface area (Å²) in [5.74, 6) is 3.59. The summed E-state index contributed by atoms with van der Waals surface area (Å²) in [6.45, 7) is 23.5.